The van der Waals surface area contributed by atoms with Crippen LogP contribution in [0.15, 0.2) is 53.5 Å². The number of nitrogens with zero attached hydrogens (tertiary/aromatic N) is 2. The van der Waals surface area contributed by atoms with Crippen molar-refractivity contribution in [1.82, 2.24) is 10.2 Å². The molecule has 0 bridgehead atoms. The molecule has 0 aromatic heterocycles. The number of likely N-dealkylation sites (N-methyl/N-ethyl adjacent to an activating group) is 1. The van der Waals surface area contributed by atoms with E-state index in [1.165, 1.54) is 4.90 Å². The lowest BCUT2D eigenvalue weighted by Crippen LogP contribution is -2.30. The molecule has 0 fully saturated rings. The van der Waals surface area contributed by atoms with Crippen LogP contribution in [0.2, 0.25) is 0 Å². The van der Waals surface area contributed by atoms with Crippen LogP contribution in [0.25, 0.3) is 0 Å². The number of methoxy groups -OCH3 is 1. The fourth-order valence-electron chi connectivity index (χ4n) is 2.58. The zero-order chi connectivity index (χ0) is 22.5. The van der Waals surface area contributed by atoms with Crippen LogP contribution in [0.3, 0.4) is 0 Å². The number of carbonyl (C=O) groups excluding carboxylic acids is 1. The van der Waals surface area contributed by atoms with Crippen LogP contribution in [0.4, 0.5) is 5.69 Å². The maximum absolute atomic E-state index is 11.7. The Morgan fingerprint density at radius 1 is 1.03 bits per heavy atom. The smallest absolute Gasteiger partial charge is 0.259 e. The molecule has 0 radical (unpaired) electrons. The van der Waals surface area contributed by atoms with Gasteiger partial charge in [-0.05, 0) is 29.8 Å². The van der Waals surface area contributed by atoms with E-state index in [1.54, 1.807) is 28.3 Å². The molecule has 0 unspecified atom stereocenters. The Balaban J connectivity index is 0.00000512. The standard InChI is InChI=1S/C23H32N4O4.HI/c1-24-23(26-19-9-6-11-21(15-19)30-13-7-12-29-4)25-16-18-8-5-10-20(14-18)31-17-22(28)27(2)3;/h5-6,8-11,14-15H,7,12-13,16-17H2,1-4H3,(H2,24,25,26);1H. The van der Waals surface area contributed by atoms with Crippen LogP contribution in [0, 0.1) is 0 Å². The highest BCUT2D eigenvalue weighted by Gasteiger charge is 2.06. The van der Waals surface area contributed by atoms with Crippen LogP contribution in [-0.4, -0.2) is 64.8 Å². The molecular formula is C23H33IN4O4. The molecule has 0 aliphatic rings. The highest BCUT2D eigenvalue weighted by Crippen LogP contribution is 2.18. The molecule has 2 aromatic carbocycles. The summed E-state index contributed by atoms with van der Waals surface area (Å²) in [6.07, 6.45) is 0.837. The predicted molar refractivity (Wildman–Crippen MR) is 138 cm³/mol. The molecule has 0 aliphatic carbocycles. The molecule has 0 heterocycles. The molecule has 9 heteroatoms. The van der Waals surface area contributed by atoms with Crippen molar-refractivity contribution in [1.29, 1.82) is 0 Å². The van der Waals surface area contributed by atoms with E-state index in [-0.39, 0.29) is 36.5 Å². The van der Waals surface area contributed by atoms with Gasteiger partial charge in [0.25, 0.3) is 5.91 Å². The largest absolute Gasteiger partial charge is 0.493 e. The Bertz CT molecular complexity index is 861. The maximum atomic E-state index is 11.7. The van der Waals surface area contributed by atoms with E-state index < -0.39 is 0 Å². The maximum Gasteiger partial charge on any atom is 0.259 e. The Hall–Kier alpha value is -2.53. The van der Waals surface area contributed by atoms with Crippen molar-refractivity contribution in [2.75, 3.05) is 53.4 Å². The highest BCUT2D eigenvalue weighted by atomic mass is 127. The van der Waals surface area contributed by atoms with E-state index in [4.69, 9.17) is 14.2 Å². The first-order valence-electron chi connectivity index (χ1n) is 10.1. The summed E-state index contributed by atoms with van der Waals surface area (Å²) < 4.78 is 16.3. The number of guanidine groups is 1. The third-order valence-corrected chi connectivity index (χ3v) is 4.30. The number of hydrogen-bond acceptors (Lipinski definition) is 5. The number of amides is 1. The lowest BCUT2D eigenvalue weighted by atomic mass is 10.2. The fraction of sp³-hybridized carbons (Fsp3) is 0.391. The monoisotopic (exact) mass is 556 g/mol. The number of benzene rings is 2. The minimum absolute atomic E-state index is 0. The van der Waals surface area contributed by atoms with Crippen molar-refractivity contribution < 1.29 is 19.0 Å². The van der Waals surface area contributed by atoms with Gasteiger partial charge in [0, 0.05) is 59.6 Å². The third kappa shape index (κ3) is 10.2. The van der Waals surface area contributed by atoms with E-state index in [0.717, 1.165) is 23.4 Å². The zero-order valence-electron chi connectivity index (χ0n) is 19.1. The second kappa shape index (κ2) is 15.3. The normalized spacial score (nSPS) is 10.7. The quantitative estimate of drug-likeness (QED) is 0.191. The summed E-state index contributed by atoms with van der Waals surface area (Å²) in [4.78, 5) is 17.5. The van der Waals surface area contributed by atoms with Crippen molar-refractivity contribution in [2.45, 2.75) is 13.0 Å². The van der Waals surface area contributed by atoms with Gasteiger partial charge in [-0.15, -0.1) is 24.0 Å². The minimum Gasteiger partial charge on any atom is -0.493 e. The molecule has 0 saturated heterocycles. The highest BCUT2D eigenvalue weighted by molar-refractivity contribution is 14.0. The number of ether oxygens (including phenoxy) is 3. The molecule has 2 N–H and O–H groups in total. The van der Waals surface area contributed by atoms with Gasteiger partial charge < -0.3 is 29.7 Å². The minimum atomic E-state index is -0.0852. The molecule has 32 heavy (non-hydrogen) atoms. The number of rotatable bonds is 11. The fourth-order valence-corrected chi connectivity index (χ4v) is 2.58. The molecule has 8 nitrogen and oxygen atoms in total. The average Bonchev–Trinajstić information content (AvgIpc) is 2.78. The topological polar surface area (TPSA) is 84.4 Å². The van der Waals surface area contributed by atoms with Gasteiger partial charge in [-0.1, -0.05) is 18.2 Å². The average molecular weight is 556 g/mol. The Kier molecular flexibility index (Phi) is 13.2. The summed E-state index contributed by atoms with van der Waals surface area (Å²) in [5.41, 5.74) is 1.88. The molecule has 2 rings (SSSR count). The van der Waals surface area contributed by atoms with Gasteiger partial charge in [0.05, 0.1) is 6.61 Å². The predicted octanol–water partition coefficient (Wildman–Crippen LogP) is 3.37. The lowest BCUT2D eigenvalue weighted by Gasteiger charge is -2.14. The number of carbonyl (C=O) groups is 1. The van der Waals surface area contributed by atoms with Gasteiger partial charge in [-0.25, -0.2) is 0 Å². The summed E-state index contributed by atoms with van der Waals surface area (Å²) in [6.45, 7) is 1.83. The van der Waals surface area contributed by atoms with Crippen LogP contribution >= 0.6 is 24.0 Å². The second-order valence-electron chi connectivity index (χ2n) is 7.00. The van der Waals surface area contributed by atoms with Gasteiger partial charge in [0.15, 0.2) is 12.6 Å². The first-order chi connectivity index (χ1) is 15.0. The van der Waals surface area contributed by atoms with Gasteiger partial charge in [-0.2, -0.15) is 0 Å². The SMILES string of the molecule is CN=C(NCc1cccc(OCC(=O)N(C)C)c1)Nc1cccc(OCCCOC)c1.I. The van der Waals surface area contributed by atoms with Crippen LogP contribution < -0.4 is 20.1 Å². The van der Waals surface area contributed by atoms with Gasteiger partial charge in [-0.3, -0.25) is 9.79 Å². The van der Waals surface area contributed by atoms with Gasteiger partial charge in [0.2, 0.25) is 0 Å². The van der Waals surface area contributed by atoms with Crippen molar-refractivity contribution in [3.63, 3.8) is 0 Å². The molecule has 2 aromatic rings. The van der Waals surface area contributed by atoms with Crippen molar-refractivity contribution in [3.05, 3.63) is 54.1 Å². The number of aliphatic imine (C=N–C) groups is 1. The van der Waals surface area contributed by atoms with E-state index in [0.29, 0.717) is 31.5 Å². The number of hydrogen-bond donors (Lipinski definition) is 2. The van der Waals surface area contributed by atoms with E-state index in [1.807, 2.05) is 48.5 Å². The molecule has 0 aliphatic heterocycles. The molecule has 176 valence electrons. The Morgan fingerprint density at radius 3 is 2.44 bits per heavy atom. The van der Waals surface area contributed by atoms with Crippen LogP contribution in [0.5, 0.6) is 11.5 Å². The first-order valence-corrected chi connectivity index (χ1v) is 10.1. The molecule has 0 spiro atoms. The van der Waals surface area contributed by atoms with Crippen LogP contribution in [-0.2, 0) is 16.1 Å². The Morgan fingerprint density at radius 2 is 1.75 bits per heavy atom. The number of anilines is 1. The Labute approximate surface area is 207 Å². The number of halogens is 1. The summed E-state index contributed by atoms with van der Waals surface area (Å²) in [5, 5.41) is 6.54. The number of nitrogens with one attached hydrogen (secondary N) is 2. The summed E-state index contributed by atoms with van der Waals surface area (Å²) >= 11 is 0. The first kappa shape index (κ1) is 27.5. The van der Waals surface area contributed by atoms with Gasteiger partial charge in [0.1, 0.15) is 11.5 Å². The van der Waals surface area contributed by atoms with Crippen molar-refractivity contribution >= 4 is 41.5 Å². The molecule has 0 atom stereocenters. The second-order valence-corrected chi connectivity index (χ2v) is 7.00. The third-order valence-electron chi connectivity index (χ3n) is 4.30. The van der Waals surface area contributed by atoms with Crippen LogP contribution in [0.1, 0.15) is 12.0 Å². The van der Waals surface area contributed by atoms with Crippen molar-refractivity contribution in [3.8, 4) is 11.5 Å². The lowest BCUT2D eigenvalue weighted by molar-refractivity contribution is -0.130. The van der Waals surface area contributed by atoms with E-state index >= 15 is 0 Å². The van der Waals surface area contributed by atoms with E-state index in [9.17, 15) is 4.79 Å². The van der Waals surface area contributed by atoms with Crippen molar-refractivity contribution in [2.24, 2.45) is 4.99 Å². The zero-order valence-corrected chi connectivity index (χ0v) is 21.4. The van der Waals surface area contributed by atoms with E-state index in [2.05, 4.69) is 15.6 Å². The summed E-state index contributed by atoms with van der Waals surface area (Å²) in [5.74, 6) is 1.98. The summed E-state index contributed by atoms with van der Waals surface area (Å²) in [7, 11) is 6.80. The summed E-state index contributed by atoms with van der Waals surface area (Å²) in [6, 6.07) is 15.3. The molecule has 1 amide bonds. The molecular weight excluding hydrogens is 523 g/mol. The van der Waals surface area contributed by atoms with Gasteiger partial charge >= 0.3 is 0 Å². The molecule has 0 saturated carbocycles.